The van der Waals surface area contributed by atoms with E-state index in [2.05, 4.69) is 10.6 Å². The van der Waals surface area contributed by atoms with Crippen LogP contribution in [0.2, 0.25) is 0 Å². The summed E-state index contributed by atoms with van der Waals surface area (Å²) >= 11 is 0. The van der Waals surface area contributed by atoms with Gasteiger partial charge in [-0.1, -0.05) is 6.07 Å². The Kier molecular flexibility index (Phi) is 5.26. The summed E-state index contributed by atoms with van der Waals surface area (Å²) in [4.78, 5) is 24.9. The highest BCUT2D eigenvalue weighted by atomic mass is 16.5. The largest absolute Gasteiger partial charge is 0.493 e. The molecule has 0 saturated heterocycles. The third-order valence-corrected chi connectivity index (χ3v) is 4.30. The number of amides is 3. The number of hydrogen-bond donors (Lipinski definition) is 2. The first-order chi connectivity index (χ1) is 12.6. The topological polar surface area (TPSA) is 79.9 Å². The number of carbonyl (C=O) groups excluding carboxylic acids is 2. The molecule has 0 saturated carbocycles. The Bertz CT molecular complexity index is 822. The van der Waals surface area contributed by atoms with Gasteiger partial charge in [0, 0.05) is 30.5 Å². The van der Waals surface area contributed by atoms with Crippen molar-refractivity contribution in [2.75, 3.05) is 31.4 Å². The summed E-state index contributed by atoms with van der Waals surface area (Å²) in [5, 5.41) is 5.60. The van der Waals surface area contributed by atoms with Gasteiger partial charge in [-0.15, -0.1) is 0 Å². The fraction of sp³-hybridized carbons (Fsp3) is 0.263. The predicted octanol–water partition coefficient (Wildman–Crippen LogP) is 2.86. The zero-order valence-corrected chi connectivity index (χ0v) is 14.7. The van der Waals surface area contributed by atoms with Crippen molar-refractivity contribution in [2.24, 2.45) is 0 Å². The molecule has 26 heavy (non-hydrogen) atoms. The van der Waals surface area contributed by atoms with Crippen LogP contribution in [0.25, 0.3) is 0 Å². The van der Waals surface area contributed by atoms with Gasteiger partial charge in [-0.25, -0.2) is 4.79 Å². The molecule has 0 spiro atoms. The summed E-state index contributed by atoms with van der Waals surface area (Å²) in [6.07, 6.45) is 1.65. The third-order valence-electron chi connectivity index (χ3n) is 4.30. The van der Waals surface area contributed by atoms with Gasteiger partial charge < -0.3 is 25.0 Å². The van der Waals surface area contributed by atoms with Gasteiger partial charge in [0.05, 0.1) is 14.2 Å². The summed E-state index contributed by atoms with van der Waals surface area (Å²) in [6, 6.07) is 10.5. The highest BCUT2D eigenvalue weighted by Gasteiger charge is 2.15. The van der Waals surface area contributed by atoms with E-state index in [0.717, 1.165) is 24.0 Å². The Morgan fingerprint density at radius 1 is 1.00 bits per heavy atom. The normalized spacial score (nSPS) is 12.8. The highest BCUT2D eigenvalue weighted by Crippen LogP contribution is 2.30. The molecule has 0 bridgehead atoms. The zero-order chi connectivity index (χ0) is 18.5. The first-order valence-electron chi connectivity index (χ1n) is 8.24. The van der Waals surface area contributed by atoms with E-state index in [1.165, 1.54) is 0 Å². The number of carbonyl (C=O) groups is 2. The molecule has 136 valence electrons. The van der Waals surface area contributed by atoms with Crippen LogP contribution in [0.3, 0.4) is 0 Å². The molecule has 0 fully saturated rings. The van der Waals surface area contributed by atoms with Crippen molar-refractivity contribution in [1.29, 1.82) is 0 Å². The molecule has 2 N–H and O–H groups in total. The lowest BCUT2D eigenvalue weighted by molar-refractivity contribution is -0.118. The van der Waals surface area contributed by atoms with E-state index in [1.54, 1.807) is 37.3 Å². The number of benzene rings is 2. The van der Waals surface area contributed by atoms with Crippen LogP contribution in [0.4, 0.5) is 16.2 Å². The van der Waals surface area contributed by atoms with Gasteiger partial charge in [-0.2, -0.15) is 0 Å². The van der Waals surface area contributed by atoms with E-state index in [0.29, 0.717) is 36.0 Å². The quantitative estimate of drug-likeness (QED) is 0.808. The van der Waals surface area contributed by atoms with Crippen LogP contribution in [0, 0.1) is 0 Å². The second kappa shape index (κ2) is 7.77. The maximum Gasteiger partial charge on any atom is 0.323 e. The van der Waals surface area contributed by atoms with E-state index < -0.39 is 0 Å². The van der Waals surface area contributed by atoms with Crippen molar-refractivity contribution in [1.82, 2.24) is 4.90 Å². The average molecular weight is 355 g/mol. The number of nitrogens with zero attached hydrogens (tertiary/aromatic N) is 1. The summed E-state index contributed by atoms with van der Waals surface area (Å²) < 4.78 is 10.4. The molecule has 0 aliphatic carbocycles. The lowest BCUT2D eigenvalue weighted by Gasteiger charge is -2.25. The van der Waals surface area contributed by atoms with Crippen LogP contribution >= 0.6 is 0 Å². The van der Waals surface area contributed by atoms with Crippen LogP contribution in [0.15, 0.2) is 36.4 Å². The minimum atomic E-state index is -0.345. The summed E-state index contributed by atoms with van der Waals surface area (Å²) in [7, 11) is 3.10. The van der Waals surface area contributed by atoms with Crippen LogP contribution in [-0.2, 0) is 17.8 Å². The highest BCUT2D eigenvalue weighted by molar-refractivity contribution is 6.00. The molecule has 3 rings (SSSR count). The predicted molar refractivity (Wildman–Crippen MR) is 98.8 cm³/mol. The second-order valence-corrected chi connectivity index (χ2v) is 5.96. The Morgan fingerprint density at radius 2 is 1.69 bits per heavy atom. The van der Waals surface area contributed by atoms with Gasteiger partial charge in [0.15, 0.2) is 11.5 Å². The molecule has 7 heteroatoms. The Morgan fingerprint density at radius 3 is 2.38 bits per heavy atom. The van der Waals surface area contributed by atoms with E-state index in [9.17, 15) is 9.59 Å². The Labute approximate surface area is 151 Å². The first-order valence-corrected chi connectivity index (χ1v) is 8.24. The molecule has 0 atom stereocenters. The van der Waals surface area contributed by atoms with Crippen molar-refractivity contribution >= 4 is 23.8 Å². The minimum Gasteiger partial charge on any atom is -0.493 e. The van der Waals surface area contributed by atoms with Gasteiger partial charge in [0.2, 0.25) is 6.41 Å². The standard InChI is InChI=1S/C19H21N3O4/c1-25-17-6-5-16(10-18(17)26-2)21-19(24)20-15-4-3-14-11-22(12-23)8-7-13(14)9-15/h3-6,9-10,12H,7-8,11H2,1-2H3,(H2,20,21,24). The summed E-state index contributed by atoms with van der Waals surface area (Å²) in [5.74, 6) is 1.14. The lowest BCUT2D eigenvalue weighted by atomic mass is 9.99. The number of hydrogen-bond acceptors (Lipinski definition) is 4. The average Bonchev–Trinajstić information content (AvgIpc) is 2.67. The van der Waals surface area contributed by atoms with Crippen LogP contribution in [0.5, 0.6) is 11.5 Å². The maximum atomic E-state index is 12.3. The smallest absolute Gasteiger partial charge is 0.323 e. The molecule has 3 amide bonds. The van der Waals surface area contributed by atoms with Crippen molar-refractivity contribution in [3.05, 3.63) is 47.5 Å². The SMILES string of the molecule is COc1ccc(NC(=O)Nc2ccc3c(c2)CCN(C=O)C3)cc1OC. The minimum absolute atomic E-state index is 0.345. The first kappa shape index (κ1) is 17.6. The molecule has 0 aromatic heterocycles. The van der Waals surface area contributed by atoms with E-state index in [-0.39, 0.29) is 6.03 Å². The van der Waals surface area contributed by atoms with Gasteiger partial charge in [0.1, 0.15) is 0 Å². The van der Waals surface area contributed by atoms with Crippen molar-refractivity contribution in [3.63, 3.8) is 0 Å². The van der Waals surface area contributed by atoms with Crippen LogP contribution in [-0.4, -0.2) is 38.1 Å². The molecule has 1 heterocycles. The number of anilines is 2. The number of rotatable bonds is 5. The van der Waals surface area contributed by atoms with E-state index in [4.69, 9.17) is 9.47 Å². The fourth-order valence-electron chi connectivity index (χ4n) is 2.95. The number of methoxy groups -OCH3 is 2. The van der Waals surface area contributed by atoms with Crippen molar-refractivity contribution in [3.8, 4) is 11.5 Å². The van der Waals surface area contributed by atoms with E-state index in [1.807, 2.05) is 18.2 Å². The molecule has 7 nitrogen and oxygen atoms in total. The number of ether oxygens (including phenoxy) is 2. The van der Waals surface area contributed by atoms with Crippen molar-refractivity contribution in [2.45, 2.75) is 13.0 Å². The number of nitrogens with one attached hydrogen (secondary N) is 2. The zero-order valence-electron chi connectivity index (χ0n) is 14.7. The van der Waals surface area contributed by atoms with Crippen LogP contribution in [0.1, 0.15) is 11.1 Å². The van der Waals surface area contributed by atoms with Crippen LogP contribution < -0.4 is 20.1 Å². The molecule has 1 aliphatic heterocycles. The van der Waals surface area contributed by atoms with E-state index >= 15 is 0 Å². The summed E-state index contributed by atoms with van der Waals surface area (Å²) in [6.45, 7) is 1.30. The molecular weight excluding hydrogens is 334 g/mol. The Hall–Kier alpha value is -3.22. The second-order valence-electron chi connectivity index (χ2n) is 5.96. The van der Waals surface area contributed by atoms with Crippen molar-refractivity contribution < 1.29 is 19.1 Å². The molecule has 0 radical (unpaired) electrons. The molecule has 2 aromatic carbocycles. The number of fused-ring (bicyclic) bond motifs is 1. The van der Waals surface area contributed by atoms with Gasteiger partial charge >= 0.3 is 6.03 Å². The molecule has 1 aliphatic rings. The molecule has 2 aromatic rings. The summed E-state index contributed by atoms with van der Waals surface area (Å²) in [5.41, 5.74) is 3.56. The fourth-order valence-corrected chi connectivity index (χ4v) is 2.95. The van der Waals surface area contributed by atoms with Gasteiger partial charge in [-0.3, -0.25) is 4.79 Å². The molecule has 0 unspecified atom stereocenters. The monoisotopic (exact) mass is 355 g/mol. The van der Waals surface area contributed by atoms with Gasteiger partial charge in [-0.05, 0) is 41.8 Å². The molecular formula is C19H21N3O4. The maximum absolute atomic E-state index is 12.3. The Balaban J connectivity index is 1.66. The number of urea groups is 1. The lowest BCUT2D eigenvalue weighted by Crippen LogP contribution is -2.29. The van der Waals surface area contributed by atoms with Gasteiger partial charge in [0.25, 0.3) is 0 Å². The third kappa shape index (κ3) is 3.88.